The van der Waals surface area contributed by atoms with Gasteiger partial charge in [-0.15, -0.1) is 10.2 Å². The molecule has 1 N–H and O–H groups in total. The minimum atomic E-state index is 0.611. The number of para-hydroxylation sites is 1. The average Bonchev–Trinajstić information content (AvgIpc) is 3.25. The first-order valence-electron chi connectivity index (χ1n) is 9.56. The summed E-state index contributed by atoms with van der Waals surface area (Å²) in [5, 5.41) is 17.3. The van der Waals surface area contributed by atoms with Crippen molar-refractivity contribution in [3.05, 3.63) is 102 Å². The molecular weight excluding hydrogens is 380 g/mol. The predicted octanol–water partition coefficient (Wildman–Crippen LogP) is 5.52. The molecule has 0 aliphatic carbocycles. The van der Waals surface area contributed by atoms with Crippen molar-refractivity contribution < 1.29 is 0 Å². The SMILES string of the molecule is Clc1c2ccccc2c(CNCc2nncn2-c2ccccc2)c2ccccc12. The van der Waals surface area contributed by atoms with Crippen LogP contribution in [0.3, 0.4) is 0 Å². The summed E-state index contributed by atoms with van der Waals surface area (Å²) in [6, 6.07) is 26.7. The van der Waals surface area contributed by atoms with Crippen molar-refractivity contribution in [3.8, 4) is 5.69 Å². The van der Waals surface area contributed by atoms with Gasteiger partial charge in [0.2, 0.25) is 0 Å². The quantitative estimate of drug-likeness (QED) is 0.396. The van der Waals surface area contributed by atoms with Crippen LogP contribution in [0.4, 0.5) is 0 Å². The molecule has 0 unspecified atom stereocenters. The first-order chi connectivity index (χ1) is 14.3. The monoisotopic (exact) mass is 398 g/mol. The number of nitrogens with zero attached hydrogens (tertiary/aromatic N) is 3. The Balaban J connectivity index is 1.48. The molecule has 4 nitrogen and oxygen atoms in total. The van der Waals surface area contributed by atoms with Gasteiger partial charge in [0.25, 0.3) is 0 Å². The lowest BCUT2D eigenvalue weighted by atomic mass is 9.96. The Kier molecular flexibility index (Phi) is 4.72. The minimum absolute atomic E-state index is 0.611. The van der Waals surface area contributed by atoms with Crippen LogP contribution in [0.5, 0.6) is 0 Å². The fraction of sp³-hybridized carbons (Fsp3) is 0.0833. The van der Waals surface area contributed by atoms with E-state index in [0.717, 1.165) is 27.3 Å². The van der Waals surface area contributed by atoms with Crippen LogP contribution in [0.2, 0.25) is 5.02 Å². The maximum atomic E-state index is 6.71. The van der Waals surface area contributed by atoms with Gasteiger partial charge in [0.1, 0.15) is 6.33 Å². The molecule has 0 saturated heterocycles. The van der Waals surface area contributed by atoms with Gasteiger partial charge in [0.15, 0.2) is 5.82 Å². The van der Waals surface area contributed by atoms with E-state index in [1.54, 1.807) is 6.33 Å². The number of aromatic nitrogens is 3. The predicted molar refractivity (Wildman–Crippen MR) is 118 cm³/mol. The third kappa shape index (κ3) is 3.27. The van der Waals surface area contributed by atoms with Crippen molar-refractivity contribution in [2.24, 2.45) is 0 Å². The summed E-state index contributed by atoms with van der Waals surface area (Å²) in [5.74, 6) is 0.874. The van der Waals surface area contributed by atoms with Gasteiger partial charge in [-0.25, -0.2) is 0 Å². The molecule has 0 atom stereocenters. The molecule has 5 aromatic rings. The normalized spacial score (nSPS) is 11.3. The van der Waals surface area contributed by atoms with Crippen molar-refractivity contribution >= 4 is 33.1 Å². The Morgan fingerprint density at radius 2 is 1.31 bits per heavy atom. The van der Waals surface area contributed by atoms with Gasteiger partial charge in [0, 0.05) is 23.0 Å². The zero-order valence-electron chi connectivity index (χ0n) is 15.7. The van der Waals surface area contributed by atoms with E-state index in [1.165, 1.54) is 16.3 Å². The van der Waals surface area contributed by atoms with Gasteiger partial charge in [-0.3, -0.25) is 4.57 Å². The van der Waals surface area contributed by atoms with Gasteiger partial charge < -0.3 is 5.32 Å². The molecular formula is C24H19ClN4. The zero-order chi connectivity index (χ0) is 19.6. The fourth-order valence-electron chi connectivity index (χ4n) is 3.84. The second kappa shape index (κ2) is 7.66. The van der Waals surface area contributed by atoms with E-state index < -0.39 is 0 Å². The smallest absolute Gasteiger partial charge is 0.151 e. The molecule has 0 aliphatic heterocycles. The molecule has 1 heterocycles. The van der Waals surface area contributed by atoms with Crippen LogP contribution in [0.25, 0.3) is 27.2 Å². The van der Waals surface area contributed by atoms with Crippen LogP contribution in [-0.2, 0) is 13.1 Å². The standard InChI is InChI=1S/C24H19ClN4/c25-24-20-12-6-4-10-18(20)22(19-11-5-7-13-21(19)24)14-26-15-23-28-27-16-29(23)17-8-2-1-3-9-17/h1-13,16,26H,14-15H2. The van der Waals surface area contributed by atoms with Crippen molar-refractivity contribution in [1.82, 2.24) is 20.1 Å². The first-order valence-corrected chi connectivity index (χ1v) is 9.93. The Labute approximate surface area is 173 Å². The van der Waals surface area contributed by atoms with Crippen LogP contribution in [-0.4, -0.2) is 14.8 Å². The van der Waals surface area contributed by atoms with E-state index in [2.05, 4.69) is 51.9 Å². The van der Waals surface area contributed by atoms with Crippen LogP contribution in [0.15, 0.2) is 85.2 Å². The van der Waals surface area contributed by atoms with Gasteiger partial charge in [0.05, 0.1) is 11.6 Å². The summed E-state index contributed by atoms with van der Waals surface area (Å²) >= 11 is 6.71. The molecule has 4 aromatic carbocycles. The van der Waals surface area contributed by atoms with Crippen LogP contribution in [0, 0.1) is 0 Å². The maximum absolute atomic E-state index is 6.71. The molecule has 0 aliphatic rings. The molecule has 0 bridgehead atoms. The zero-order valence-corrected chi connectivity index (χ0v) is 16.5. The third-order valence-electron chi connectivity index (χ3n) is 5.21. The number of nitrogens with one attached hydrogen (secondary N) is 1. The number of benzene rings is 4. The van der Waals surface area contributed by atoms with Gasteiger partial charge in [-0.2, -0.15) is 0 Å². The Bertz CT molecular complexity index is 1240. The Hall–Kier alpha value is -3.21. The molecule has 0 radical (unpaired) electrons. The lowest BCUT2D eigenvalue weighted by Crippen LogP contribution is -2.16. The van der Waals surface area contributed by atoms with Crippen molar-refractivity contribution in [1.29, 1.82) is 0 Å². The van der Waals surface area contributed by atoms with Gasteiger partial charge >= 0.3 is 0 Å². The van der Waals surface area contributed by atoms with E-state index in [0.29, 0.717) is 13.1 Å². The van der Waals surface area contributed by atoms with E-state index in [-0.39, 0.29) is 0 Å². The van der Waals surface area contributed by atoms with Crippen molar-refractivity contribution in [2.75, 3.05) is 0 Å². The molecule has 29 heavy (non-hydrogen) atoms. The van der Waals surface area contributed by atoms with Crippen LogP contribution in [0.1, 0.15) is 11.4 Å². The van der Waals surface area contributed by atoms with Crippen LogP contribution >= 0.6 is 11.6 Å². The molecule has 0 saturated carbocycles. The third-order valence-corrected chi connectivity index (χ3v) is 5.62. The van der Waals surface area contributed by atoms with E-state index >= 15 is 0 Å². The summed E-state index contributed by atoms with van der Waals surface area (Å²) in [6.07, 6.45) is 1.75. The second-order valence-corrected chi connectivity index (χ2v) is 7.32. The number of hydrogen-bond acceptors (Lipinski definition) is 3. The molecule has 0 spiro atoms. The molecule has 5 rings (SSSR count). The Morgan fingerprint density at radius 1 is 0.724 bits per heavy atom. The number of fused-ring (bicyclic) bond motifs is 2. The Morgan fingerprint density at radius 3 is 1.97 bits per heavy atom. The highest BCUT2D eigenvalue weighted by Crippen LogP contribution is 2.36. The van der Waals surface area contributed by atoms with E-state index in [9.17, 15) is 0 Å². The highest BCUT2D eigenvalue weighted by Gasteiger charge is 2.12. The number of rotatable bonds is 5. The maximum Gasteiger partial charge on any atom is 0.151 e. The molecule has 1 aromatic heterocycles. The van der Waals surface area contributed by atoms with Gasteiger partial charge in [-0.1, -0.05) is 78.3 Å². The highest BCUT2D eigenvalue weighted by atomic mass is 35.5. The lowest BCUT2D eigenvalue weighted by Gasteiger charge is -2.14. The summed E-state index contributed by atoms with van der Waals surface area (Å²) < 4.78 is 2.01. The number of halogens is 1. The summed E-state index contributed by atoms with van der Waals surface area (Å²) in [6.45, 7) is 1.32. The van der Waals surface area contributed by atoms with Crippen molar-refractivity contribution in [2.45, 2.75) is 13.1 Å². The molecule has 0 fully saturated rings. The number of hydrogen-bond donors (Lipinski definition) is 1. The summed E-state index contributed by atoms with van der Waals surface area (Å²) in [4.78, 5) is 0. The summed E-state index contributed by atoms with van der Waals surface area (Å²) in [5.41, 5.74) is 2.29. The average molecular weight is 399 g/mol. The topological polar surface area (TPSA) is 42.7 Å². The summed E-state index contributed by atoms with van der Waals surface area (Å²) in [7, 11) is 0. The van der Waals surface area contributed by atoms with E-state index in [4.69, 9.17) is 11.6 Å². The molecule has 5 heteroatoms. The highest BCUT2D eigenvalue weighted by molar-refractivity contribution is 6.41. The first kappa shape index (κ1) is 17.9. The lowest BCUT2D eigenvalue weighted by molar-refractivity contribution is 0.656. The van der Waals surface area contributed by atoms with Crippen LogP contribution < -0.4 is 5.32 Å². The van der Waals surface area contributed by atoms with Gasteiger partial charge in [-0.05, 0) is 28.5 Å². The molecule has 0 amide bonds. The minimum Gasteiger partial charge on any atom is -0.306 e. The fourth-order valence-corrected chi connectivity index (χ4v) is 4.17. The second-order valence-electron chi connectivity index (χ2n) is 6.94. The largest absolute Gasteiger partial charge is 0.306 e. The molecule has 142 valence electrons. The van der Waals surface area contributed by atoms with E-state index in [1.807, 2.05) is 47.0 Å². The van der Waals surface area contributed by atoms with Crippen molar-refractivity contribution in [3.63, 3.8) is 0 Å².